The summed E-state index contributed by atoms with van der Waals surface area (Å²) in [7, 11) is 0. The highest BCUT2D eigenvalue weighted by Gasteiger charge is 2.09. The molecule has 1 N–H and O–H groups in total. The lowest BCUT2D eigenvalue weighted by molar-refractivity contribution is 0.464. The highest BCUT2D eigenvalue weighted by atomic mass is 16.3. The molecule has 1 heterocycles. The van der Waals surface area contributed by atoms with E-state index in [4.69, 9.17) is 4.42 Å². The Kier molecular flexibility index (Phi) is 4.80. The molecule has 1 aromatic heterocycles. The van der Waals surface area contributed by atoms with Gasteiger partial charge >= 0.3 is 0 Å². The minimum absolute atomic E-state index is 0.454. The number of hydrogen-bond donors (Lipinski definition) is 1. The first kappa shape index (κ1) is 13.9. The van der Waals surface area contributed by atoms with Crippen molar-refractivity contribution in [2.45, 2.75) is 39.7 Å². The van der Waals surface area contributed by atoms with Crippen LogP contribution in [0.5, 0.6) is 0 Å². The van der Waals surface area contributed by atoms with E-state index in [1.165, 1.54) is 11.1 Å². The van der Waals surface area contributed by atoms with Crippen molar-refractivity contribution in [3.8, 4) is 11.3 Å². The van der Waals surface area contributed by atoms with Crippen molar-refractivity contribution in [3.63, 3.8) is 0 Å². The zero-order valence-electron chi connectivity index (χ0n) is 12.1. The van der Waals surface area contributed by atoms with Crippen molar-refractivity contribution >= 4 is 0 Å². The Hall–Kier alpha value is -1.54. The van der Waals surface area contributed by atoms with Gasteiger partial charge in [0.25, 0.3) is 0 Å². The van der Waals surface area contributed by atoms with Gasteiger partial charge in [-0.2, -0.15) is 0 Å². The van der Waals surface area contributed by atoms with Gasteiger partial charge in [0.1, 0.15) is 11.5 Å². The van der Waals surface area contributed by atoms with E-state index in [1.807, 2.05) is 0 Å². The van der Waals surface area contributed by atoms with Gasteiger partial charge < -0.3 is 9.73 Å². The van der Waals surface area contributed by atoms with Crippen LogP contribution in [0.15, 0.2) is 40.8 Å². The first-order chi connectivity index (χ1) is 9.20. The van der Waals surface area contributed by atoms with Crippen LogP contribution >= 0.6 is 0 Å². The van der Waals surface area contributed by atoms with Crippen LogP contribution in [0.2, 0.25) is 0 Å². The molecular formula is C17H23NO. The lowest BCUT2D eigenvalue weighted by Gasteiger charge is -2.11. The summed E-state index contributed by atoms with van der Waals surface area (Å²) in [5.74, 6) is 2.02. The summed E-state index contributed by atoms with van der Waals surface area (Å²) < 4.78 is 5.96. The zero-order chi connectivity index (χ0) is 13.7. The molecule has 0 aliphatic carbocycles. The van der Waals surface area contributed by atoms with Crippen molar-refractivity contribution < 1.29 is 4.42 Å². The minimum atomic E-state index is 0.454. The lowest BCUT2D eigenvalue weighted by atomic mass is 10.1. The molecule has 1 unspecified atom stereocenters. The highest BCUT2D eigenvalue weighted by Crippen LogP contribution is 2.25. The van der Waals surface area contributed by atoms with Gasteiger partial charge in [-0.3, -0.25) is 0 Å². The normalized spacial score (nSPS) is 12.6. The van der Waals surface area contributed by atoms with E-state index in [2.05, 4.69) is 62.5 Å². The Morgan fingerprint density at radius 2 is 1.95 bits per heavy atom. The van der Waals surface area contributed by atoms with Gasteiger partial charge in [0.15, 0.2) is 0 Å². The van der Waals surface area contributed by atoms with Crippen molar-refractivity contribution in [3.05, 3.63) is 47.7 Å². The molecular weight excluding hydrogens is 234 g/mol. The summed E-state index contributed by atoms with van der Waals surface area (Å²) in [5, 5.41) is 3.48. The number of hydrogen-bond acceptors (Lipinski definition) is 2. The second-order valence-corrected chi connectivity index (χ2v) is 5.14. The molecule has 0 spiro atoms. The number of furan rings is 1. The molecule has 2 rings (SSSR count). The van der Waals surface area contributed by atoms with Gasteiger partial charge in [-0.1, -0.05) is 31.2 Å². The van der Waals surface area contributed by atoms with Gasteiger partial charge in [-0.05, 0) is 44.5 Å². The van der Waals surface area contributed by atoms with Gasteiger partial charge in [0, 0.05) is 18.0 Å². The van der Waals surface area contributed by atoms with E-state index in [0.717, 1.165) is 30.9 Å². The maximum Gasteiger partial charge on any atom is 0.134 e. The van der Waals surface area contributed by atoms with Gasteiger partial charge in [-0.15, -0.1) is 0 Å². The summed E-state index contributed by atoms with van der Waals surface area (Å²) in [6, 6.07) is 12.9. The van der Waals surface area contributed by atoms with Crippen LogP contribution < -0.4 is 5.32 Å². The summed E-state index contributed by atoms with van der Waals surface area (Å²) in [6.07, 6.45) is 2.10. The maximum atomic E-state index is 5.96. The topological polar surface area (TPSA) is 25.2 Å². The quantitative estimate of drug-likeness (QED) is 0.839. The third-order valence-electron chi connectivity index (χ3n) is 3.32. The third-order valence-corrected chi connectivity index (χ3v) is 3.32. The van der Waals surface area contributed by atoms with Gasteiger partial charge in [0.2, 0.25) is 0 Å². The number of rotatable bonds is 6. The fourth-order valence-electron chi connectivity index (χ4n) is 2.25. The SMILES string of the molecule is CCCNC(C)Cc1ccc(-c2ccccc2C)o1. The molecule has 2 nitrogen and oxygen atoms in total. The van der Waals surface area contributed by atoms with Crippen molar-refractivity contribution in [2.75, 3.05) is 6.54 Å². The van der Waals surface area contributed by atoms with Crippen LogP contribution in [0.25, 0.3) is 11.3 Å². The molecule has 2 heteroatoms. The number of benzene rings is 1. The Balaban J connectivity index is 2.05. The van der Waals surface area contributed by atoms with E-state index in [0.29, 0.717) is 6.04 Å². The minimum Gasteiger partial charge on any atom is -0.461 e. The summed E-state index contributed by atoms with van der Waals surface area (Å²) >= 11 is 0. The predicted octanol–water partition coefficient (Wildman–Crippen LogP) is 4.19. The van der Waals surface area contributed by atoms with Crippen LogP contribution in [0.1, 0.15) is 31.6 Å². The third kappa shape index (κ3) is 3.71. The fourth-order valence-corrected chi connectivity index (χ4v) is 2.25. The first-order valence-electron chi connectivity index (χ1n) is 7.08. The van der Waals surface area contributed by atoms with Crippen molar-refractivity contribution in [1.29, 1.82) is 0 Å². The van der Waals surface area contributed by atoms with Gasteiger partial charge in [-0.25, -0.2) is 0 Å². The molecule has 2 aromatic rings. The van der Waals surface area contributed by atoms with E-state index < -0.39 is 0 Å². The maximum absolute atomic E-state index is 5.96. The molecule has 0 saturated heterocycles. The second-order valence-electron chi connectivity index (χ2n) is 5.14. The number of nitrogens with one attached hydrogen (secondary N) is 1. The smallest absolute Gasteiger partial charge is 0.134 e. The highest BCUT2D eigenvalue weighted by molar-refractivity contribution is 5.61. The van der Waals surface area contributed by atoms with E-state index in [9.17, 15) is 0 Å². The van der Waals surface area contributed by atoms with Crippen molar-refractivity contribution in [2.24, 2.45) is 0 Å². The van der Waals surface area contributed by atoms with E-state index in [-0.39, 0.29) is 0 Å². The molecule has 0 aliphatic heterocycles. The molecule has 0 saturated carbocycles. The predicted molar refractivity (Wildman–Crippen MR) is 80.3 cm³/mol. The molecule has 19 heavy (non-hydrogen) atoms. The summed E-state index contributed by atoms with van der Waals surface area (Å²) in [6.45, 7) is 7.56. The molecule has 1 aromatic carbocycles. The summed E-state index contributed by atoms with van der Waals surface area (Å²) in [4.78, 5) is 0. The zero-order valence-corrected chi connectivity index (χ0v) is 12.1. The van der Waals surface area contributed by atoms with Crippen LogP contribution in [0, 0.1) is 6.92 Å². The standard InChI is InChI=1S/C17H23NO/c1-4-11-18-14(3)12-15-9-10-17(19-15)16-8-6-5-7-13(16)2/h5-10,14,18H,4,11-12H2,1-3H3. The molecule has 0 bridgehead atoms. The van der Waals surface area contributed by atoms with Crippen LogP contribution in [-0.2, 0) is 6.42 Å². The van der Waals surface area contributed by atoms with Crippen LogP contribution in [-0.4, -0.2) is 12.6 Å². The van der Waals surface area contributed by atoms with E-state index in [1.54, 1.807) is 0 Å². The molecule has 0 aliphatic rings. The Bertz CT molecular complexity index is 515. The average molecular weight is 257 g/mol. The molecule has 0 amide bonds. The fraction of sp³-hybridized carbons (Fsp3) is 0.412. The second kappa shape index (κ2) is 6.58. The average Bonchev–Trinajstić information content (AvgIpc) is 2.85. The lowest BCUT2D eigenvalue weighted by Crippen LogP contribution is -2.28. The van der Waals surface area contributed by atoms with Crippen molar-refractivity contribution in [1.82, 2.24) is 5.32 Å². The molecule has 0 radical (unpaired) electrons. The molecule has 0 fully saturated rings. The molecule has 1 atom stereocenters. The Morgan fingerprint density at radius 1 is 1.16 bits per heavy atom. The summed E-state index contributed by atoms with van der Waals surface area (Å²) in [5.41, 5.74) is 2.43. The molecule has 102 valence electrons. The number of aryl methyl sites for hydroxylation is 1. The van der Waals surface area contributed by atoms with E-state index >= 15 is 0 Å². The van der Waals surface area contributed by atoms with Crippen LogP contribution in [0.3, 0.4) is 0 Å². The Morgan fingerprint density at radius 3 is 2.68 bits per heavy atom. The van der Waals surface area contributed by atoms with Gasteiger partial charge in [0.05, 0.1) is 0 Å². The Labute approximate surface area is 115 Å². The first-order valence-corrected chi connectivity index (χ1v) is 7.08. The largest absolute Gasteiger partial charge is 0.461 e. The van der Waals surface area contributed by atoms with Crippen LogP contribution in [0.4, 0.5) is 0 Å². The monoisotopic (exact) mass is 257 g/mol.